The third-order valence-electron chi connectivity index (χ3n) is 6.31. The number of anilines is 1. The Morgan fingerprint density at radius 1 is 1.30 bits per heavy atom. The molecule has 1 aliphatic rings. The topological polar surface area (TPSA) is 122 Å². The van der Waals surface area contributed by atoms with Crippen molar-refractivity contribution in [3.8, 4) is 11.4 Å². The first-order chi connectivity index (χ1) is 14.6. The molecule has 0 aliphatic heterocycles. The van der Waals surface area contributed by atoms with Crippen molar-refractivity contribution in [2.75, 3.05) is 5.73 Å². The van der Waals surface area contributed by atoms with E-state index in [2.05, 4.69) is 46.3 Å². The number of hydrogen-bond acceptors (Lipinski definition) is 5. The van der Waals surface area contributed by atoms with Gasteiger partial charge >= 0.3 is 5.97 Å². The lowest BCUT2D eigenvalue weighted by molar-refractivity contribution is -0.142. The number of carboxylic acids is 1. The average molecular weight is 404 g/mol. The molecule has 1 fully saturated rings. The van der Waals surface area contributed by atoms with Crippen molar-refractivity contribution in [2.24, 2.45) is 5.92 Å². The van der Waals surface area contributed by atoms with Gasteiger partial charge in [-0.25, -0.2) is 14.5 Å². The van der Waals surface area contributed by atoms with E-state index in [0.717, 1.165) is 47.4 Å². The highest BCUT2D eigenvalue weighted by Gasteiger charge is 2.31. The third-order valence-corrected chi connectivity index (χ3v) is 6.31. The van der Waals surface area contributed by atoms with Crippen LogP contribution in [0.1, 0.15) is 49.9 Å². The fourth-order valence-corrected chi connectivity index (χ4v) is 4.67. The first-order valence-corrected chi connectivity index (χ1v) is 10.4. The van der Waals surface area contributed by atoms with E-state index in [9.17, 15) is 9.90 Å². The molecule has 4 N–H and O–H groups in total. The molecule has 0 spiro atoms. The van der Waals surface area contributed by atoms with Crippen LogP contribution in [0.5, 0.6) is 0 Å². The number of nitrogens with one attached hydrogen (secondary N) is 1. The van der Waals surface area contributed by atoms with Crippen molar-refractivity contribution in [1.82, 2.24) is 24.6 Å². The van der Waals surface area contributed by atoms with E-state index in [1.807, 2.05) is 0 Å². The Bertz CT molecular complexity index is 1250. The Morgan fingerprint density at radius 3 is 2.83 bits per heavy atom. The van der Waals surface area contributed by atoms with Gasteiger partial charge < -0.3 is 15.8 Å². The van der Waals surface area contributed by atoms with Crippen LogP contribution in [0.25, 0.3) is 27.8 Å². The zero-order chi connectivity index (χ0) is 20.8. The lowest BCUT2D eigenvalue weighted by Crippen LogP contribution is -2.21. The molecule has 3 heterocycles. The number of aryl methyl sites for hydroxylation is 1. The van der Waals surface area contributed by atoms with Gasteiger partial charge in [-0.3, -0.25) is 4.79 Å². The summed E-state index contributed by atoms with van der Waals surface area (Å²) in [6, 6.07) is 8.36. The standard InChI is InChI=1S/C22H24N6O2/c1-2-12-4-3-5-15-10-16(26-17(12)15)18-19-20(23)24-11-25-28(19)21(27-18)13-6-8-14(9-7-13)22(29)30/h3-5,10-11,13-14,26H,2,6-9H2,1H3,(H,29,30)(H2,23,24,25). The number of rotatable bonds is 4. The number of aliphatic carboxylic acids is 1. The summed E-state index contributed by atoms with van der Waals surface area (Å²) >= 11 is 0. The number of nitrogens with two attached hydrogens (primary N) is 1. The molecule has 0 amide bonds. The number of benzene rings is 1. The van der Waals surface area contributed by atoms with E-state index in [1.54, 1.807) is 4.52 Å². The molecule has 8 nitrogen and oxygen atoms in total. The van der Waals surface area contributed by atoms with Gasteiger partial charge in [0, 0.05) is 16.8 Å². The third kappa shape index (κ3) is 2.91. The molecule has 1 aromatic carbocycles. The summed E-state index contributed by atoms with van der Waals surface area (Å²) in [6.07, 6.45) is 5.22. The maximum absolute atomic E-state index is 11.3. The van der Waals surface area contributed by atoms with Gasteiger partial charge in [0.15, 0.2) is 5.82 Å². The summed E-state index contributed by atoms with van der Waals surface area (Å²) in [6.45, 7) is 2.14. The number of fused-ring (bicyclic) bond motifs is 2. The number of aromatic amines is 1. The summed E-state index contributed by atoms with van der Waals surface area (Å²) in [5.74, 6) is 0.373. The molecule has 8 heteroatoms. The molecule has 3 aromatic heterocycles. The number of carboxylic acid groups (broad SMARTS) is 1. The molecule has 1 saturated carbocycles. The van der Waals surface area contributed by atoms with Gasteiger partial charge in [-0.2, -0.15) is 5.10 Å². The molecule has 0 unspecified atom stereocenters. The largest absolute Gasteiger partial charge is 0.481 e. The number of nitrogens with zero attached hydrogens (tertiary/aromatic N) is 4. The number of H-pyrrole nitrogens is 1. The lowest BCUT2D eigenvalue weighted by Gasteiger charge is -2.24. The maximum atomic E-state index is 11.3. The van der Waals surface area contributed by atoms with Gasteiger partial charge in [-0.15, -0.1) is 0 Å². The molecule has 154 valence electrons. The first kappa shape index (κ1) is 18.6. The van der Waals surface area contributed by atoms with Crippen molar-refractivity contribution in [3.05, 3.63) is 42.0 Å². The monoisotopic (exact) mass is 404 g/mol. The Hall–Kier alpha value is -3.42. The molecule has 30 heavy (non-hydrogen) atoms. The van der Waals surface area contributed by atoms with Crippen molar-refractivity contribution in [3.63, 3.8) is 0 Å². The molecule has 0 bridgehead atoms. The van der Waals surface area contributed by atoms with Crippen LogP contribution in [-0.2, 0) is 11.2 Å². The summed E-state index contributed by atoms with van der Waals surface area (Å²) in [5.41, 5.74) is 10.9. The normalized spacial score (nSPS) is 19.5. The highest BCUT2D eigenvalue weighted by Crippen LogP contribution is 2.38. The second-order valence-corrected chi connectivity index (χ2v) is 8.03. The van der Waals surface area contributed by atoms with Crippen LogP contribution in [0.4, 0.5) is 5.82 Å². The number of nitrogen functional groups attached to an aromatic ring is 1. The average Bonchev–Trinajstić information content (AvgIpc) is 3.36. The Labute approximate surface area is 173 Å². The molecule has 0 atom stereocenters. The van der Waals surface area contributed by atoms with Gasteiger partial charge in [0.1, 0.15) is 23.4 Å². The van der Waals surface area contributed by atoms with E-state index in [4.69, 9.17) is 10.7 Å². The zero-order valence-corrected chi connectivity index (χ0v) is 16.8. The van der Waals surface area contributed by atoms with Crippen LogP contribution >= 0.6 is 0 Å². The fourth-order valence-electron chi connectivity index (χ4n) is 4.67. The van der Waals surface area contributed by atoms with Crippen molar-refractivity contribution in [2.45, 2.75) is 44.9 Å². The number of aromatic nitrogens is 5. The van der Waals surface area contributed by atoms with Gasteiger partial charge in [-0.1, -0.05) is 25.1 Å². The van der Waals surface area contributed by atoms with Crippen molar-refractivity contribution < 1.29 is 9.90 Å². The van der Waals surface area contributed by atoms with Gasteiger partial charge in [0.2, 0.25) is 0 Å². The minimum absolute atomic E-state index is 0.145. The van der Waals surface area contributed by atoms with E-state index in [1.165, 1.54) is 11.9 Å². The zero-order valence-electron chi connectivity index (χ0n) is 16.8. The Kier molecular flexibility index (Phi) is 4.42. The highest BCUT2D eigenvalue weighted by molar-refractivity contribution is 5.92. The second-order valence-electron chi connectivity index (χ2n) is 8.03. The molecule has 0 saturated heterocycles. The SMILES string of the molecule is CCc1cccc2cc(-c3nc(C4CCC(C(=O)O)CC4)n4ncnc(N)c34)[nH]c12. The maximum Gasteiger partial charge on any atom is 0.306 e. The summed E-state index contributed by atoms with van der Waals surface area (Å²) < 4.78 is 1.79. The van der Waals surface area contributed by atoms with Crippen molar-refractivity contribution in [1.29, 1.82) is 0 Å². The Balaban J connectivity index is 1.63. The van der Waals surface area contributed by atoms with E-state index < -0.39 is 5.97 Å². The molecular formula is C22H24N6O2. The van der Waals surface area contributed by atoms with Crippen LogP contribution in [-0.4, -0.2) is 35.6 Å². The van der Waals surface area contributed by atoms with Crippen LogP contribution in [0.2, 0.25) is 0 Å². The number of carbonyl (C=O) groups is 1. The minimum atomic E-state index is -0.710. The summed E-state index contributed by atoms with van der Waals surface area (Å²) in [4.78, 5) is 24.0. The molecular weight excluding hydrogens is 380 g/mol. The van der Waals surface area contributed by atoms with Crippen molar-refractivity contribution >= 4 is 28.2 Å². The number of hydrogen-bond donors (Lipinski definition) is 3. The van der Waals surface area contributed by atoms with Crippen LogP contribution in [0.3, 0.4) is 0 Å². The lowest BCUT2D eigenvalue weighted by atomic mass is 9.82. The minimum Gasteiger partial charge on any atom is -0.481 e. The van der Waals surface area contributed by atoms with Crippen LogP contribution in [0.15, 0.2) is 30.6 Å². The van der Waals surface area contributed by atoms with Gasteiger partial charge in [0.05, 0.1) is 11.6 Å². The predicted molar refractivity (Wildman–Crippen MR) is 114 cm³/mol. The number of para-hydroxylation sites is 1. The second kappa shape index (κ2) is 7.12. The Morgan fingerprint density at radius 2 is 2.10 bits per heavy atom. The molecule has 1 aliphatic carbocycles. The van der Waals surface area contributed by atoms with Gasteiger partial charge in [-0.05, 0) is 43.7 Å². The molecule has 0 radical (unpaired) electrons. The molecule has 4 aromatic rings. The van der Waals surface area contributed by atoms with Gasteiger partial charge in [0.25, 0.3) is 0 Å². The molecule has 5 rings (SSSR count). The number of imidazole rings is 1. The van der Waals surface area contributed by atoms with E-state index in [0.29, 0.717) is 24.2 Å². The smallest absolute Gasteiger partial charge is 0.306 e. The predicted octanol–water partition coefficient (Wildman–Crippen LogP) is 3.78. The highest BCUT2D eigenvalue weighted by atomic mass is 16.4. The van der Waals surface area contributed by atoms with Crippen LogP contribution in [0, 0.1) is 5.92 Å². The van der Waals surface area contributed by atoms with E-state index >= 15 is 0 Å². The van der Waals surface area contributed by atoms with E-state index in [-0.39, 0.29) is 11.8 Å². The summed E-state index contributed by atoms with van der Waals surface area (Å²) in [7, 11) is 0. The fraction of sp³-hybridized carbons (Fsp3) is 0.364. The van der Waals surface area contributed by atoms with Crippen LogP contribution < -0.4 is 5.73 Å². The summed E-state index contributed by atoms with van der Waals surface area (Å²) in [5, 5.41) is 14.9. The quantitative estimate of drug-likeness (QED) is 0.476. The first-order valence-electron chi connectivity index (χ1n) is 10.4.